The molecule has 0 spiro atoms. The fourth-order valence-corrected chi connectivity index (χ4v) is 7.74. The van der Waals surface area contributed by atoms with Gasteiger partial charge in [0, 0.05) is 22.9 Å². The average Bonchev–Trinajstić information content (AvgIpc) is 2.74. The Hall–Kier alpha value is -1.67. The van der Waals surface area contributed by atoms with Crippen molar-refractivity contribution in [2.24, 2.45) is 0 Å². The summed E-state index contributed by atoms with van der Waals surface area (Å²) in [4.78, 5) is 0. The third kappa shape index (κ3) is 5.58. The van der Waals surface area contributed by atoms with Gasteiger partial charge in [-0.05, 0) is 43.0 Å². The summed E-state index contributed by atoms with van der Waals surface area (Å²) >= 11 is 0. The van der Waals surface area contributed by atoms with E-state index in [1.165, 1.54) is 11.1 Å². The molecule has 0 aliphatic heterocycles. The summed E-state index contributed by atoms with van der Waals surface area (Å²) in [5.41, 5.74) is 2.39. The zero-order valence-corrected chi connectivity index (χ0v) is 21.6. The topological polar surface area (TPSA) is 26.3 Å². The third-order valence-electron chi connectivity index (χ3n) is 6.88. The maximum atomic E-state index is 14.3. The van der Waals surface area contributed by atoms with Gasteiger partial charge in [-0.25, -0.2) is 0 Å². The van der Waals surface area contributed by atoms with E-state index in [1.54, 1.807) is 0 Å². The van der Waals surface area contributed by atoms with Crippen molar-refractivity contribution in [1.29, 1.82) is 0 Å². The fraction of sp³-hybridized carbons (Fsp3) is 0.407. The first-order valence-corrected chi connectivity index (χ1v) is 16.1. The number of rotatable bonds is 6. The van der Waals surface area contributed by atoms with E-state index in [-0.39, 0.29) is 11.1 Å². The molecule has 31 heavy (non-hydrogen) atoms. The van der Waals surface area contributed by atoms with E-state index >= 15 is 0 Å². The van der Waals surface area contributed by atoms with Crippen molar-refractivity contribution in [2.75, 3.05) is 6.16 Å². The summed E-state index contributed by atoms with van der Waals surface area (Å²) in [6.07, 6.45) is 5.77. The Morgan fingerprint density at radius 1 is 1.03 bits per heavy atom. The number of hydrogen-bond acceptors (Lipinski definition) is 2. The quantitative estimate of drug-likeness (QED) is 0.346. The molecule has 2 aromatic rings. The molecule has 2 nitrogen and oxygen atoms in total. The van der Waals surface area contributed by atoms with E-state index in [4.69, 9.17) is 4.43 Å². The van der Waals surface area contributed by atoms with E-state index in [1.807, 2.05) is 60.7 Å². The van der Waals surface area contributed by atoms with Gasteiger partial charge >= 0.3 is 0 Å². The van der Waals surface area contributed by atoms with Crippen molar-refractivity contribution in [3.8, 4) is 0 Å². The lowest BCUT2D eigenvalue weighted by molar-refractivity contribution is 0.164. The highest BCUT2D eigenvalue weighted by atomic mass is 31.2. The lowest BCUT2D eigenvalue weighted by Gasteiger charge is -2.41. The molecule has 0 aromatic heterocycles. The van der Waals surface area contributed by atoms with Crippen molar-refractivity contribution >= 4 is 26.1 Å². The first-order chi connectivity index (χ1) is 14.5. The maximum absolute atomic E-state index is 14.3. The molecule has 4 heteroatoms. The minimum atomic E-state index is -2.75. The van der Waals surface area contributed by atoms with Gasteiger partial charge < -0.3 is 8.99 Å². The third-order valence-corrected chi connectivity index (χ3v) is 14.4. The molecular formula is C27H37O2PSi. The number of hydrogen-bond donors (Lipinski definition) is 0. The molecule has 0 bridgehead atoms. The summed E-state index contributed by atoms with van der Waals surface area (Å²) < 4.78 is 21.0. The minimum Gasteiger partial charge on any atom is -0.414 e. The molecule has 1 aliphatic rings. The molecule has 3 rings (SSSR count). The Morgan fingerprint density at radius 3 is 2.03 bits per heavy atom. The van der Waals surface area contributed by atoms with Gasteiger partial charge in [0.25, 0.3) is 0 Å². The Labute approximate surface area is 189 Å². The van der Waals surface area contributed by atoms with Gasteiger partial charge in [-0.1, -0.05) is 99.7 Å². The molecular weight excluding hydrogens is 415 g/mol. The molecule has 1 fully saturated rings. The van der Waals surface area contributed by atoms with Gasteiger partial charge in [-0.3, -0.25) is 0 Å². The molecule has 1 saturated carbocycles. The second kappa shape index (κ2) is 9.44. The van der Waals surface area contributed by atoms with Crippen LogP contribution in [0.25, 0.3) is 0 Å². The summed E-state index contributed by atoms with van der Waals surface area (Å²) in [6.45, 7) is 15.8. The Balaban J connectivity index is 1.86. The van der Waals surface area contributed by atoms with Crippen molar-refractivity contribution in [1.82, 2.24) is 0 Å². The van der Waals surface area contributed by atoms with Gasteiger partial charge in [0.1, 0.15) is 7.14 Å². The highest BCUT2D eigenvalue weighted by molar-refractivity contribution is 7.78. The van der Waals surface area contributed by atoms with Crippen molar-refractivity contribution in [3.63, 3.8) is 0 Å². The van der Waals surface area contributed by atoms with Crippen LogP contribution < -0.4 is 10.6 Å². The van der Waals surface area contributed by atoms with E-state index in [2.05, 4.69) is 46.5 Å². The SMILES string of the molecule is C=C1CC[C@H](O[Si](C)(C)C(C)(C)C)C/C1=C/CP(=O)(c1ccccc1)c1ccccc1. The highest BCUT2D eigenvalue weighted by Gasteiger charge is 2.40. The molecule has 166 valence electrons. The van der Waals surface area contributed by atoms with Crippen LogP contribution in [-0.2, 0) is 8.99 Å². The van der Waals surface area contributed by atoms with Crippen molar-refractivity contribution in [3.05, 3.63) is 84.5 Å². The van der Waals surface area contributed by atoms with Gasteiger partial charge in [0.05, 0.1) is 0 Å². The van der Waals surface area contributed by atoms with E-state index in [9.17, 15) is 4.57 Å². The second-order valence-corrected chi connectivity index (χ2v) is 17.8. The molecule has 0 heterocycles. The number of benzene rings is 2. The first kappa shape index (κ1) is 24.0. The molecule has 0 amide bonds. The van der Waals surface area contributed by atoms with Crippen molar-refractivity contribution in [2.45, 2.75) is 64.3 Å². The standard InChI is InChI=1S/C27H37O2PSi/c1-22-17-18-24(29-31(5,6)27(2,3)4)21-23(22)19-20-30(28,25-13-9-7-10-14-25)26-15-11-8-12-16-26/h7-16,19,24H,1,17-18,20-21H2,2-6H3/b23-19-/t24-/m0/s1. The zero-order valence-electron chi connectivity index (χ0n) is 19.7. The van der Waals surface area contributed by atoms with Crippen LogP contribution in [0.5, 0.6) is 0 Å². The van der Waals surface area contributed by atoms with E-state index < -0.39 is 15.5 Å². The molecule has 0 unspecified atom stereocenters. The van der Waals surface area contributed by atoms with Crippen LogP contribution in [0.2, 0.25) is 18.1 Å². The first-order valence-electron chi connectivity index (χ1n) is 11.3. The van der Waals surface area contributed by atoms with Gasteiger partial charge in [-0.15, -0.1) is 0 Å². The lowest BCUT2D eigenvalue weighted by Crippen LogP contribution is -2.44. The Morgan fingerprint density at radius 2 is 1.55 bits per heavy atom. The number of allylic oxidation sites excluding steroid dienone is 2. The smallest absolute Gasteiger partial charge is 0.192 e. The zero-order chi connectivity index (χ0) is 22.7. The van der Waals surface area contributed by atoms with Crippen LogP contribution in [-0.4, -0.2) is 20.6 Å². The van der Waals surface area contributed by atoms with Crippen LogP contribution >= 0.6 is 7.14 Å². The molecule has 2 aromatic carbocycles. The van der Waals surface area contributed by atoms with E-state index in [0.717, 1.165) is 29.9 Å². The summed E-state index contributed by atoms with van der Waals surface area (Å²) in [5, 5.41) is 2.02. The summed E-state index contributed by atoms with van der Waals surface area (Å²) in [7, 11) is -4.57. The van der Waals surface area contributed by atoms with Crippen molar-refractivity contribution < 1.29 is 8.99 Å². The second-order valence-electron chi connectivity index (χ2n) is 10.2. The van der Waals surface area contributed by atoms with Gasteiger partial charge in [-0.2, -0.15) is 0 Å². The summed E-state index contributed by atoms with van der Waals surface area (Å²) in [5.74, 6) is 0. The molecule has 0 N–H and O–H groups in total. The highest BCUT2D eigenvalue weighted by Crippen LogP contribution is 2.45. The fourth-order valence-electron chi connectivity index (χ4n) is 3.85. The van der Waals surface area contributed by atoms with Crippen LogP contribution in [0.3, 0.4) is 0 Å². The van der Waals surface area contributed by atoms with Crippen LogP contribution in [0.1, 0.15) is 40.0 Å². The van der Waals surface area contributed by atoms with E-state index in [0.29, 0.717) is 6.16 Å². The monoisotopic (exact) mass is 452 g/mol. The minimum absolute atomic E-state index is 0.196. The Bertz CT molecular complexity index is 928. The van der Waals surface area contributed by atoms with Gasteiger partial charge in [0.15, 0.2) is 8.32 Å². The molecule has 1 aliphatic carbocycles. The maximum Gasteiger partial charge on any atom is 0.192 e. The lowest BCUT2D eigenvalue weighted by atomic mass is 9.89. The van der Waals surface area contributed by atoms with Crippen LogP contribution in [0, 0.1) is 0 Å². The molecule has 0 saturated heterocycles. The predicted molar refractivity (Wildman–Crippen MR) is 138 cm³/mol. The normalized spacial score (nSPS) is 19.6. The van der Waals surface area contributed by atoms with Gasteiger partial charge in [0.2, 0.25) is 0 Å². The Kier molecular flexibility index (Phi) is 7.31. The largest absolute Gasteiger partial charge is 0.414 e. The van der Waals surface area contributed by atoms with Crippen LogP contribution in [0.4, 0.5) is 0 Å². The predicted octanol–water partition coefficient (Wildman–Crippen LogP) is 7.06. The molecule has 0 radical (unpaired) electrons. The van der Waals surface area contributed by atoms with Crippen LogP contribution in [0.15, 0.2) is 84.5 Å². The molecule has 1 atom stereocenters. The average molecular weight is 453 g/mol. The summed E-state index contributed by atoms with van der Waals surface area (Å²) in [6, 6.07) is 19.8.